The maximum Gasteiger partial charge on any atom is 0.0589 e. The molecule has 3 heteroatoms. The van der Waals surface area contributed by atoms with Crippen molar-refractivity contribution in [2.24, 2.45) is 5.92 Å². The minimum atomic E-state index is 0.451. The molecular weight excluding hydrogens is 248 g/mol. The van der Waals surface area contributed by atoms with Gasteiger partial charge in [0.1, 0.15) is 0 Å². The molecule has 0 aliphatic carbocycles. The van der Waals surface area contributed by atoms with E-state index in [9.17, 15) is 0 Å². The van der Waals surface area contributed by atoms with E-state index in [1.165, 1.54) is 12.0 Å². The van der Waals surface area contributed by atoms with Crippen LogP contribution in [-0.4, -0.2) is 45.3 Å². The van der Waals surface area contributed by atoms with Crippen molar-refractivity contribution in [3.8, 4) is 0 Å². The van der Waals surface area contributed by atoms with Gasteiger partial charge in [0.15, 0.2) is 0 Å². The summed E-state index contributed by atoms with van der Waals surface area (Å²) in [6.07, 6.45) is 1.17. The lowest BCUT2D eigenvalue weighted by atomic mass is 9.97. The molecule has 1 atom stereocenters. The highest BCUT2D eigenvalue weighted by molar-refractivity contribution is 5.18. The van der Waals surface area contributed by atoms with Crippen molar-refractivity contribution in [3.05, 3.63) is 35.9 Å². The first-order valence-electron chi connectivity index (χ1n) is 7.59. The van der Waals surface area contributed by atoms with Crippen LogP contribution in [-0.2, 0) is 4.74 Å². The van der Waals surface area contributed by atoms with E-state index < -0.39 is 0 Å². The zero-order chi connectivity index (χ0) is 14.8. The molecule has 0 bridgehead atoms. The van der Waals surface area contributed by atoms with Gasteiger partial charge in [0, 0.05) is 32.8 Å². The number of hydrogen-bond acceptors (Lipinski definition) is 3. The predicted molar refractivity (Wildman–Crippen MR) is 86.0 cm³/mol. The van der Waals surface area contributed by atoms with Crippen molar-refractivity contribution in [1.82, 2.24) is 10.2 Å². The summed E-state index contributed by atoms with van der Waals surface area (Å²) in [6.45, 7) is 8.39. The van der Waals surface area contributed by atoms with Crippen LogP contribution in [0.3, 0.4) is 0 Å². The second-order valence-electron chi connectivity index (χ2n) is 5.84. The predicted octanol–water partition coefficient (Wildman–Crippen LogP) is 2.94. The molecule has 0 radical (unpaired) electrons. The van der Waals surface area contributed by atoms with Crippen LogP contribution < -0.4 is 5.32 Å². The largest absolute Gasteiger partial charge is 0.383 e. The van der Waals surface area contributed by atoms with Gasteiger partial charge in [-0.05, 0) is 24.9 Å². The van der Waals surface area contributed by atoms with E-state index in [0.717, 1.165) is 26.2 Å². The van der Waals surface area contributed by atoms with Crippen molar-refractivity contribution >= 4 is 0 Å². The van der Waals surface area contributed by atoms with Gasteiger partial charge in [-0.3, -0.25) is 0 Å². The summed E-state index contributed by atoms with van der Waals surface area (Å²) in [5, 5.41) is 3.69. The number of hydrogen-bond donors (Lipinski definition) is 1. The first-order valence-corrected chi connectivity index (χ1v) is 7.59. The zero-order valence-corrected chi connectivity index (χ0v) is 13.4. The smallest absolute Gasteiger partial charge is 0.0589 e. The van der Waals surface area contributed by atoms with Crippen LogP contribution >= 0.6 is 0 Å². The lowest BCUT2D eigenvalue weighted by Crippen LogP contribution is -2.33. The lowest BCUT2D eigenvalue weighted by molar-refractivity contribution is 0.161. The molecule has 0 saturated carbocycles. The Morgan fingerprint density at radius 2 is 1.85 bits per heavy atom. The molecule has 1 aromatic rings. The van der Waals surface area contributed by atoms with E-state index in [4.69, 9.17) is 4.74 Å². The molecule has 1 unspecified atom stereocenters. The summed E-state index contributed by atoms with van der Waals surface area (Å²) in [6, 6.07) is 11.2. The van der Waals surface area contributed by atoms with Crippen molar-refractivity contribution in [3.63, 3.8) is 0 Å². The number of nitrogens with zero attached hydrogens (tertiary/aromatic N) is 1. The number of likely N-dealkylation sites (N-methyl/N-ethyl adjacent to an activating group) is 1. The van der Waals surface area contributed by atoms with Crippen LogP contribution in [0.15, 0.2) is 30.3 Å². The summed E-state index contributed by atoms with van der Waals surface area (Å²) >= 11 is 0. The maximum absolute atomic E-state index is 5.10. The Labute approximate surface area is 124 Å². The van der Waals surface area contributed by atoms with Gasteiger partial charge in [-0.15, -0.1) is 0 Å². The third-order valence-electron chi connectivity index (χ3n) is 3.47. The lowest BCUT2D eigenvalue weighted by Gasteiger charge is -2.23. The number of ether oxygens (including phenoxy) is 1. The van der Waals surface area contributed by atoms with Crippen LogP contribution in [0, 0.1) is 5.92 Å². The van der Waals surface area contributed by atoms with Crippen LogP contribution in [0.25, 0.3) is 0 Å². The summed E-state index contributed by atoms with van der Waals surface area (Å²) in [5.41, 5.74) is 1.39. The van der Waals surface area contributed by atoms with Gasteiger partial charge in [-0.1, -0.05) is 44.2 Å². The molecule has 0 spiro atoms. The standard InChI is InChI=1S/C17H30N2O/c1-15(2)14-17(16-8-6-5-7-9-16)18-10-11-19(3)12-13-20-4/h5-9,15,17-18H,10-14H2,1-4H3. The quantitative estimate of drug-likeness (QED) is 0.712. The molecule has 0 amide bonds. The first kappa shape index (κ1) is 17.2. The third-order valence-corrected chi connectivity index (χ3v) is 3.47. The topological polar surface area (TPSA) is 24.5 Å². The molecule has 0 aromatic heterocycles. The zero-order valence-electron chi connectivity index (χ0n) is 13.4. The maximum atomic E-state index is 5.10. The fourth-order valence-electron chi connectivity index (χ4n) is 2.28. The molecule has 0 saturated heterocycles. The molecule has 0 heterocycles. The minimum Gasteiger partial charge on any atom is -0.383 e. The van der Waals surface area contributed by atoms with Crippen LogP contribution in [0.1, 0.15) is 31.9 Å². The molecule has 0 aliphatic heterocycles. The average molecular weight is 278 g/mol. The minimum absolute atomic E-state index is 0.451. The second kappa shape index (κ2) is 9.92. The Morgan fingerprint density at radius 1 is 1.15 bits per heavy atom. The van der Waals surface area contributed by atoms with Crippen LogP contribution in [0.2, 0.25) is 0 Å². The van der Waals surface area contributed by atoms with Gasteiger partial charge in [-0.25, -0.2) is 0 Å². The average Bonchev–Trinajstić information content (AvgIpc) is 2.44. The monoisotopic (exact) mass is 278 g/mol. The highest BCUT2D eigenvalue weighted by atomic mass is 16.5. The molecular formula is C17H30N2O. The van der Waals surface area contributed by atoms with Crippen molar-refractivity contribution in [1.29, 1.82) is 0 Å². The van der Waals surface area contributed by atoms with Crippen molar-refractivity contribution in [2.45, 2.75) is 26.3 Å². The molecule has 0 fully saturated rings. The Bertz CT molecular complexity index is 340. The molecule has 1 aromatic carbocycles. The van der Waals surface area contributed by atoms with Gasteiger partial charge in [0.25, 0.3) is 0 Å². The van der Waals surface area contributed by atoms with Gasteiger partial charge in [0.2, 0.25) is 0 Å². The van der Waals surface area contributed by atoms with E-state index in [1.807, 2.05) is 0 Å². The Kier molecular flexibility index (Phi) is 8.51. The SMILES string of the molecule is COCCN(C)CCNC(CC(C)C)c1ccccc1. The molecule has 0 aliphatic rings. The fraction of sp³-hybridized carbons (Fsp3) is 0.647. The van der Waals surface area contributed by atoms with Crippen molar-refractivity contribution in [2.75, 3.05) is 40.4 Å². The van der Waals surface area contributed by atoms with E-state index in [2.05, 4.69) is 61.4 Å². The Hall–Kier alpha value is -0.900. The van der Waals surface area contributed by atoms with Gasteiger partial charge >= 0.3 is 0 Å². The molecule has 114 valence electrons. The fourth-order valence-corrected chi connectivity index (χ4v) is 2.28. The second-order valence-corrected chi connectivity index (χ2v) is 5.84. The normalized spacial score (nSPS) is 13.1. The molecule has 1 N–H and O–H groups in total. The van der Waals surface area contributed by atoms with Gasteiger partial charge in [0.05, 0.1) is 6.61 Å². The third kappa shape index (κ3) is 7.04. The van der Waals surface area contributed by atoms with Crippen molar-refractivity contribution < 1.29 is 4.74 Å². The Morgan fingerprint density at radius 3 is 2.45 bits per heavy atom. The number of rotatable bonds is 10. The summed E-state index contributed by atoms with van der Waals surface area (Å²) in [4.78, 5) is 2.30. The van der Waals surface area contributed by atoms with Crippen LogP contribution in [0.5, 0.6) is 0 Å². The van der Waals surface area contributed by atoms with E-state index in [1.54, 1.807) is 7.11 Å². The summed E-state index contributed by atoms with van der Waals surface area (Å²) < 4.78 is 5.10. The molecule has 3 nitrogen and oxygen atoms in total. The van der Waals surface area contributed by atoms with Gasteiger partial charge in [-0.2, -0.15) is 0 Å². The molecule has 1 rings (SSSR count). The Balaban J connectivity index is 2.42. The summed E-state index contributed by atoms with van der Waals surface area (Å²) in [5.74, 6) is 0.693. The first-order chi connectivity index (χ1) is 9.63. The van der Waals surface area contributed by atoms with E-state index >= 15 is 0 Å². The van der Waals surface area contributed by atoms with Crippen LogP contribution in [0.4, 0.5) is 0 Å². The highest BCUT2D eigenvalue weighted by Crippen LogP contribution is 2.20. The number of methoxy groups -OCH3 is 1. The summed E-state index contributed by atoms with van der Waals surface area (Å²) in [7, 11) is 3.89. The molecule has 20 heavy (non-hydrogen) atoms. The highest BCUT2D eigenvalue weighted by Gasteiger charge is 2.12. The van der Waals surface area contributed by atoms with E-state index in [-0.39, 0.29) is 0 Å². The number of benzene rings is 1. The van der Waals surface area contributed by atoms with E-state index in [0.29, 0.717) is 12.0 Å². The van der Waals surface area contributed by atoms with Gasteiger partial charge < -0.3 is 15.0 Å². The number of nitrogens with one attached hydrogen (secondary N) is 1.